The highest BCUT2D eigenvalue weighted by atomic mass is 35.5. The van der Waals surface area contributed by atoms with Crippen LogP contribution >= 0.6 is 11.6 Å². The van der Waals surface area contributed by atoms with Gasteiger partial charge in [-0.15, -0.1) is 0 Å². The minimum atomic E-state index is 0.155. The van der Waals surface area contributed by atoms with Crippen LogP contribution in [0.25, 0.3) is 0 Å². The van der Waals surface area contributed by atoms with Crippen molar-refractivity contribution in [3.8, 4) is 5.75 Å². The standard InChI is InChI=1S/C14H21ClO/c1-10(2)16-13-8-11(6-7-12(13)15)9-14(3,4)5/h6-8,10H,9H2,1-5H3. The largest absolute Gasteiger partial charge is 0.489 e. The van der Waals surface area contributed by atoms with Crippen LogP contribution in [0, 0.1) is 5.41 Å². The van der Waals surface area contributed by atoms with Gasteiger partial charge in [0.2, 0.25) is 0 Å². The van der Waals surface area contributed by atoms with Gasteiger partial charge in [0.25, 0.3) is 0 Å². The Morgan fingerprint density at radius 3 is 2.38 bits per heavy atom. The Labute approximate surface area is 104 Å². The summed E-state index contributed by atoms with van der Waals surface area (Å²) in [7, 11) is 0. The first-order valence-corrected chi connectivity index (χ1v) is 6.11. The zero-order valence-electron chi connectivity index (χ0n) is 10.8. The van der Waals surface area contributed by atoms with Crippen LogP contribution in [0.2, 0.25) is 5.02 Å². The Morgan fingerprint density at radius 2 is 1.88 bits per heavy atom. The van der Waals surface area contributed by atoms with E-state index in [0.29, 0.717) is 5.02 Å². The van der Waals surface area contributed by atoms with Crippen LogP contribution in [-0.4, -0.2) is 6.10 Å². The van der Waals surface area contributed by atoms with E-state index in [-0.39, 0.29) is 11.5 Å². The molecule has 0 saturated heterocycles. The van der Waals surface area contributed by atoms with Gasteiger partial charge < -0.3 is 4.74 Å². The van der Waals surface area contributed by atoms with Gasteiger partial charge in [-0.05, 0) is 43.4 Å². The first-order valence-electron chi connectivity index (χ1n) is 5.73. The van der Waals surface area contributed by atoms with Gasteiger partial charge >= 0.3 is 0 Å². The summed E-state index contributed by atoms with van der Waals surface area (Å²) in [6.07, 6.45) is 1.18. The number of ether oxygens (including phenoxy) is 1. The Hall–Kier alpha value is -0.690. The average molecular weight is 241 g/mol. The number of hydrogen-bond donors (Lipinski definition) is 0. The number of rotatable bonds is 3. The third-order valence-corrected chi connectivity index (χ3v) is 2.40. The van der Waals surface area contributed by atoms with E-state index in [2.05, 4.69) is 26.8 Å². The Morgan fingerprint density at radius 1 is 1.25 bits per heavy atom. The molecular weight excluding hydrogens is 220 g/mol. The predicted octanol–water partition coefficient (Wildman–Crippen LogP) is 4.72. The van der Waals surface area contributed by atoms with Gasteiger partial charge in [-0.25, -0.2) is 0 Å². The van der Waals surface area contributed by atoms with Gasteiger partial charge in [-0.1, -0.05) is 38.4 Å². The lowest BCUT2D eigenvalue weighted by molar-refractivity contribution is 0.242. The van der Waals surface area contributed by atoms with E-state index < -0.39 is 0 Å². The van der Waals surface area contributed by atoms with Gasteiger partial charge in [-0.3, -0.25) is 0 Å². The monoisotopic (exact) mass is 240 g/mol. The van der Waals surface area contributed by atoms with Crippen molar-refractivity contribution in [3.05, 3.63) is 28.8 Å². The molecule has 0 saturated carbocycles. The molecule has 0 bridgehead atoms. The topological polar surface area (TPSA) is 9.23 Å². The first kappa shape index (κ1) is 13.4. The summed E-state index contributed by atoms with van der Waals surface area (Å²) in [5.41, 5.74) is 1.55. The molecule has 16 heavy (non-hydrogen) atoms. The quantitative estimate of drug-likeness (QED) is 0.743. The van der Waals surface area contributed by atoms with Gasteiger partial charge in [0.15, 0.2) is 0 Å². The second kappa shape index (κ2) is 5.09. The third kappa shape index (κ3) is 4.44. The number of hydrogen-bond acceptors (Lipinski definition) is 1. The maximum atomic E-state index is 6.09. The van der Waals surface area contributed by atoms with Gasteiger partial charge in [0.1, 0.15) is 5.75 Å². The Balaban J connectivity index is 2.89. The maximum absolute atomic E-state index is 6.09. The maximum Gasteiger partial charge on any atom is 0.138 e. The van der Waals surface area contributed by atoms with Crippen LogP contribution in [-0.2, 0) is 6.42 Å². The SMILES string of the molecule is CC(C)Oc1cc(CC(C)(C)C)ccc1Cl. The van der Waals surface area contributed by atoms with Crippen LogP contribution in [0.1, 0.15) is 40.2 Å². The van der Waals surface area contributed by atoms with Crippen molar-refractivity contribution < 1.29 is 4.74 Å². The summed E-state index contributed by atoms with van der Waals surface area (Å²) in [5.74, 6) is 0.790. The summed E-state index contributed by atoms with van der Waals surface area (Å²) in [5, 5.41) is 0.686. The van der Waals surface area contributed by atoms with Gasteiger partial charge in [-0.2, -0.15) is 0 Å². The van der Waals surface area contributed by atoms with Gasteiger partial charge in [0, 0.05) is 0 Å². The summed E-state index contributed by atoms with van der Waals surface area (Å²) < 4.78 is 5.67. The van der Waals surface area contributed by atoms with Crippen molar-refractivity contribution in [2.75, 3.05) is 0 Å². The zero-order valence-corrected chi connectivity index (χ0v) is 11.6. The lowest BCUT2D eigenvalue weighted by atomic mass is 9.88. The predicted molar refractivity (Wildman–Crippen MR) is 70.4 cm³/mol. The van der Waals surface area contributed by atoms with Crippen molar-refractivity contribution in [2.24, 2.45) is 5.41 Å². The van der Waals surface area contributed by atoms with Crippen molar-refractivity contribution in [1.29, 1.82) is 0 Å². The molecule has 0 aromatic heterocycles. The molecule has 0 spiro atoms. The lowest BCUT2D eigenvalue weighted by Gasteiger charge is -2.19. The van der Waals surface area contributed by atoms with Crippen LogP contribution in [0.15, 0.2) is 18.2 Å². The highest BCUT2D eigenvalue weighted by molar-refractivity contribution is 6.32. The minimum Gasteiger partial charge on any atom is -0.489 e. The second-order valence-corrected chi connectivity index (χ2v) is 6.08. The highest BCUT2D eigenvalue weighted by Gasteiger charge is 2.13. The van der Waals surface area contributed by atoms with E-state index in [1.807, 2.05) is 26.0 Å². The van der Waals surface area contributed by atoms with E-state index in [9.17, 15) is 0 Å². The summed E-state index contributed by atoms with van der Waals surface area (Å²) in [4.78, 5) is 0. The zero-order chi connectivity index (χ0) is 12.3. The molecule has 1 aromatic rings. The fourth-order valence-electron chi connectivity index (χ4n) is 1.61. The molecule has 0 aliphatic carbocycles. The average Bonchev–Trinajstić information content (AvgIpc) is 2.07. The molecule has 0 fully saturated rings. The Kier molecular flexibility index (Phi) is 4.26. The number of halogens is 1. The van der Waals surface area contributed by atoms with E-state index >= 15 is 0 Å². The van der Waals surface area contributed by atoms with Crippen LogP contribution in [0.4, 0.5) is 0 Å². The molecule has 1 aromatic carbocycles. The summed E-state index contributed by atoms with van der Waals surface area (Å²) in [6, 6.07) is 6.04. The first-order chi connectivity index (χ1) is 7.28. The fourth-order valence-corrected chi connectivity index (χ4v) is 1.78. The van der Waals surface area contributed by atoms with Gasteiger partial charge in [0.05, 0.1) is 11.1 Å². The smallest absolute Gasteiger partial charge is 0.138 e. The fraction of sp³-hybridized carbons (Fsp3) is 0.571. The van der Waals surface area contributed by atoms with Crippen molar-refractivity contribution >= 4 is 11.6 Å². The normalized spacial score (nSPS) is 11.9. The van der Waals surface area contributed by atoms with E-state index in [0.717, 1.165) is 12.2 Å². The molecule has 0 heterocycles. The van der Waals surface area contributed by atoms with Crippen molar-refractivity contribution in [3.63, 3.8) is 0 Å². The van der Waals surface area contributed by atoms with Crippen LogP contribution in [0.3, 0.4) is 0 Å². The van der Waals surface area contributed by atoms with Crippen LogP contribution < -0.4 is 4.74 Å². The molecule has 0 unspecified atom stereocenters. The van der Waals surface area contributed by atoms with E-state index in [1.165, 1.54) is 5.56 Å². The molecule has 1 nitrogen and oxygen atoms in total. The number of benzene rings is 1. The molecule has 0 atom stereocenters. The summed E-state index contributed by atoms with van der Waals surface area (Å²) in [6.45, 7) is 10.7. The molecule has 2 heteroatoms. The highest BCUT2D eigenvalue weighted by Crippen LogP contribution is 2.29. The van der Waals surface area contributed by atoms with Crippen molar-refractivity contribution in [2.45, 2.75) is 47.1 Å². The van der Waals surface area contributed by atoms with Crippen molar-refractivity contribution in [1.82, 2.24) is 0 Å². The molecule has 0 aliphatic heterocycles. The van der Waals surface area contributed by atoms with E-state index in [4.69, 9.17) is 16.3 Å². The molecular formula is C14H21ClO. The third-order valence-electron chi connectivity index (χ3n) is 2.09. The minimum absolute atomic E-state index is 0.155. The van der Waals surface area contributed by atoms with E-state index in [1.54, 1.807) is 0 Å². The second-order valence-electron chi connectivity index (χ2n) is 5.67. The summed E-state index contributed by atoms with van der Waals surface area (Å²) >= 11 is 6.09. The lowest BCUT2D eigenvalue weighted by Crippen LogP contribution is -2.10. The molecule has 0 radical (unpaired) electrons. The molecule has 0 N–H and O–H groups in total. The molecule has 90 valence electrons. The molecule has 0 amide bonds. The molecule has 1 rings (SSSR count). The van der Waals surface area contributed by atoms with Crippen LogP contribution in [0.5, 0.6) is 5.75 Å². The molecule has 0 aliphatic rings. The Bertz CT molecular complexity index is 350.